The summed E-state index contributed by atoms with van der Waals surface area (Å²) in [4.78, 5) is 25.0. The van der Waals surface area contributed by atoms with Crippen molar-refractivity contribution >= 4 is 56.8 Å². The van der Waals surface area contributed by atoms with E-state index in [1.807, 2.05) is 13.0 Å². The van der Waals surface area contributed by atoms with E-state index in [1.165, 1.54) is 6.08 Å². The maximum Gasteiger partial charge on any atom is 0.266 e. The predicted molar refractivity (Wildman–Crippen MR) is 140 cm³/mol. The Balaban J connectivity index is 1.71. The minimum absolute atomic E-state index is 0.132. The first-order chi connectivity index (χ1) is 16.9. The summed E-state index contributed by atoms with van der Waals surface area (Å²) < 4.78 is 11.8. The Morgan fingerprint density at radius 2 is 1.66 bits per heavy atom. The average Bonchev–Trinajstić information content (AvgIpc) is 2.84. The summed E-state index contributed by atoms with van der Waals surface area (Å²) in [7, 11) is 0. The second-order valence-corrected chi connectivity index (χ2v) is 8.46. The Bertz CT molecular complexity index is 1270. The molecule has 178 valence electrons. The van der Waals surface area contributed by atoms with E-state index in [4.69, 9.17) is 21.1 Å². The highest BCUT2D eigenvalue weighted by Gasteiger charge is 2.13. The largest absolute Gasteiger partial charge is 0.494 e. The summed E-state index contributed by atoms with van der Waals surface area (Å²) >= 11 is 9.23. The van der Waals surface area contributed by atoms with Crippen LogP contribution in [-0.4, -0.2) is 25.0 Å². The number of ether oxygens (including phenoxy) is 2. The molecule has 0 aliphatic carbocycles. The Labute approximate surface area is 216 Å². The molecule has 9 heteroatoms. The van der Waals surface area contributed by atoms with E-state index in [1.54, 1.807) is 66.7 Å². The van der Waals surface area contributed by atoms with Crippen LogP contribution in [0.4, 0.5) is 11.4 Å². The second kappa shape index (κ2) is 12.6. The van der Waals surface area contributed by atoms with Crippen molar-refractivity contribution in [2.45, 2.75) is 6.92 Å². The molecule has 0 aliphatic heterocycles. The van der Waals surface area contributed by atoms with Crippen LogP contribution in [0.1, 0.15) is 12.5 Å². The number of rotatable bonds is 9. The molecule has 0 aromatic heterocycles. The standard InChI is InChI=1S/C26H21BrClN3O4/c1-2-34-23-10-8-22(9-11-23)31-26(33)18(15-29)13-17-14-19(27)3-12-24(17)35-16-25(32)30-21-6-4-20(28)5-7-21/h3-14H,2,16H2,1H3,(H,30,32)(H,31,33)/b18-13+. The number of carbonyl (C=O) groups excluding carboxylic acids is 2. The highest BCUT2D eigenvalue weighted by Crippen LogP contribution is 2.26. The molecule has 2 amide bonds. The second-order valence-electron chi connectivity index (χ2n) is 7.11. The molecule has 0 aliphatic rings. The van der Waals surface area contributed by atoms with Gasteiger partial charge in [0.15, 0.2) is 6.61 Å². The predicted octanol–water partition coefficient (Wildman–Crippen LogP) is 6.06. The molecule has 0 atom stereocenters. The Hall–Kier alpha value is -3.80. The zero-order chi connectivity index (χ0) is 25.2. The molecule has 2 N–H and O–H groups in total. The number of nitriles is 1. The van der Waals surface area contributed by atoms with Crippen LogP contribution in [0.25, 0.3) is 6.08 Å². The fourth-order valence-electron chi connectivity index (χ4n) is 2.94. The van der Waals surface area contributed by atoms with Gasteiger partial charge in [0.05, 0.1) is 6.61 Å². The summed E-state index contributed by atoms with van der Waals surface area (Å²) in [5.74, 6) is 0.0561. The molecule has 7 nitrogen and oxygen atoms in total. The van der Waals surface area contributed by atoms with Crippen LogP contribution >= 0.6 is 27.5 Å². The minimum Gasteiger partial charge on any atom is -0.494 e. The van der Waals surface area contributed by atoms with Crippen molar-refractivity contribution in [3.63, 3.8) is 0 Å². The maximum absolute atomic E-state index is 12.7. The third kappa shape index (κ3) is 7.88. The Kier molecular flexibility index (Phi) is 9.30. The summed E-state index contributed by atoms with van der Waals surface area (Å²) in [6, 6.07) is 20.5. The van der Waals surface area contributed by atoms with Gasteiger partial charge in [-0.2, -0.15) is 5.26 Å². The first-order valence-electron chi connectivity index (χ1n) is 10.5. The van der Waals surface area contributed by atoms with E-state index in [9.17, 15) is 14.9 Å². The molecule has 3 aromatic rings. The molecule has 0 spiro atoms. The summed E-state index contributed by atoms with van der Waals surface area (Å²) in [6.07, 6.45) is 1.40. The number of nitrogens with zero attached hydrogens (tertiary/aromatic N) is 1. The van der Waals surface area contributed by atoms with Gasteiger partial charge >= 0.3 is 0 Å². The fourth-order valence-corrected chi connectivity index (χ4v) is 3.45. The van der Waals surface area contributed by atoms with Crippen LogP contribution in [0.3, 0.4) is 0 Å². The van der Waals surface area contributed by atoms with Gasteiger partial charge in [0.2, 0.25) is 0 Å². The molecular formula is C26H21BrClN3O4. The van der Waals surface area contributed by atoms with Gasteiger partial charge < -0.3 is 20.1 Å². The van der Waals surface area contributed by atoms with Gasteiger partial charge in [-0.1, -0.05) is 27.5 Å². The van der Waals surface area contributed by atoms with Crippen LogP contribution in [0, 0.1) is 11.3 Å². The molecule has 0 saturated heterocycles. The quantitative estimate of drug-likeness (QED) is 0.247. The lowest BCUT2D eigenvalue weighted by molar-refractivity contribution is -0.118. The van der Waals surface area contributed by atoms with Crippen LogP contribution in [0.2, 0.25) is 5.02 Å². The molecule has 35 heavy (non-hydrogen) atoms. The highest BCUT2D eigenvalue weighted by atomic mass is 79.9. The SMILES string of the molecule is CCOc1ccc(NC(=O)/C(C#N)=C/c2cc(Br)ccc2OCC(=O)Nc2ccc(Cl)cc2)cc1. The number of nitrogens with one attached hydrogen (secondary N) is 2. The molecule has 3 rings (SSSR count). The van der Waals surface area contributed by atoms with E-state index in [2.05, 4.69) is 26.6 Å². The number of hydrogen-bond donors (Lipinski definition) is 2. The van der Waals surface area contributed by atoms with E-state index in [0.717, 1.165) is 0 Å². The lowest BCUT2D eigenvalue weighted by atomic mass is 10.1. The van der Waals surface area contributed by atoms with E-state index < -0.39 is 5.91 Å². The Morgan fingerprint density at radius 1 is 1.00 bits per heavy atom. The van der Waals surface area contributed by atoms with Crippen molar-refractivity contribution in [2.75, 3.05) is 23.8 Å². The molecule has 0 radical (unpaired) electrons. The molecule has 3 aromatic carbocycles. The van der Waals surface area contributed by atoms with Crippen molar-refractivity contribution in [1.29, 1.82) is 5.26 Å². The van der Waals surface area contributed by atoms with Crippen molar-refractivity contribution in [2.24, 2.45) is 0 Å². The third-order valence-corrected chi connectivity index (χ3v) is 5.29. The van der Waals surface area contributed by atoms with E-state index >= 15 is 0 Å². The molecule has 0 unspecified atom stereocenters. The van der Waals surface area contributed by atoms with Crippen molar-refractivity contribution in [1.82, 2.24) is 0 Å². The monoisotopic (exact) mass is 553 g/mol. The summed E-state index contributed by atoms with van der Waals surface area (Å²) in [5.41, 5.74) is 1.42. The smallest absolute Gasteiger partial charge is 0.266 e. The van der Waals surface area contributed by atoms with Gasteiger partial charge in [0, 0.05) is 26.4 Å². The molecule has 0 heterocycles. The van der Waals surface area contributed by atoms with E-state index in [-0.39, 0.29) is 18.1 Å². The summed E-state index contributed by atoms with van der Waals surface area (Å²) in [5, 5.41) is 15.5. The van der Waals surface area contributed by atoms with Crippen LogP contribution in [-0.2, 0) is 9.59 Å². The van der Waals surface area contributed by atoms with Crippen molar-refractivity contribution < 1.29 is 19.1 Å². The third-order valence-electron chi connectivity index (χ3n) is 4.55. The molecule has 0 bridgehead atoms. The van der Waals surface area contributed by atoms with Crippen LogP contribution in [0.5, 0.6) is 11.5 Å². The van der Waals surface area contributed by atoms with Gasteiger partial charge in [-0.15, -0.1) is 0 Å². The van der Waals surface area contributed by atoms with Crippen molar-refractivity contribution in [3.8, 4) is 17.6 Å². The van der Waals surface area contributed by atoms with Gasteiger partial charge in [-0.05, 0) is 79.7 Å². The molecule has 0 saturated carbocycles. The van der Waals surface area contributed by atoms with Gasteiger partial charge in [-0.3, -0.25) is 9.59 Å². The first kappa shape index (κ1) is 25.8. The lowest BCUT2D eigenvalue weighted by Crippen LogP contribution is -2.20. The van der Waals surface area contributed by atoms with Crippen LogP contribution < -0.4 is 20.1 Å². The number of benzene rings is 3. The molecular weight excluding hydrogens is 534 g/mol. The zero-order valence-electron chi connectivity index (χ0n) is 18.7. The number of halogens is 2. The number of amides is 2. The highest BCUT2D eigenvalue weighted by molar-refractivity contribution is 9.10. The van der Waals surface area contributed by atoms with Gasteiger partial charge in [-0.25, -0.2) is 0 Å². The average molecular weight is 555 g/mol. The molecule has 0 fully saturated rings. The fraction of sp³-hybridized carbons (Fsp3) is 0.115. The van der Waals surface area contributed by atoms with Crippen LogP contribution in [0.15, 0.2) is 76.8 Å². The minimum atomic E-state index is -0.580. The maximum atomic E-state index is 12.7. The first-order valence-corrected chi connectivity index (χ1v) is 11.7. The summed E-state index contributed by atoms with van der Waals surface area (Å²) in [6.45, 7) is 2.14. The zero-order valence-corrected chi connectivity index (χ0v) is 21.0. The van der Waals surface area contributed by atoms with Gasteiger partial charge in [0.1, 0.15) is 23.1 Å². The van der Waals surface area contributed by atoms with Gasteiger partial charge in [0.25, 0.3) is 11.8 Å². The number of anilines is 2. The van der Waals surface area contributed by atoms with Crippen molar-refractivity contribution in [3.05, 3.63) is 87.4 Å². The van der Waals surface area contributed by atoms with E-state index in [0.29, 0.717) is 44.5 Å². The number of hydrogen-bond acceptors (Lipinski definition) is 5. The number of carbonyl (C=O) groups is 2. The lowest BCUT2D eigenvalue weighted by Gasteiger charge is -2.11. The normalized spacial score (nSPS) is 10.7. The Morgan fingerprint density at radius 3 is 2.31 bits per heavy atom. The topological polar surface area (TPSA) is 100 Å².